The lowest BCUT2D eigenvalue weighted by molar-refractivity contribution is -0.127. The second kappa shape index (κ2) is 11.2. The molecule has 2 aromatic carbocycles. The molecule has 1 aromatic heterocycles. The largest absolute Gasteiger partial charge is 0.495 e. The third-order valence-electron chi connectivity index (χ3n) is 6.23. The molecule has 0 radical (unpaired) electrons. The van der Waals surface area contributed by atoms with Gasteiger partial charge in [0, 0.05) is 49.3 Å². The van der Waals surface area contributed by atoms with Crippen LogP contribution in [0.15, 0.2) is 43.1 Å². The minimum Gasteiger partial charge on any atom is -0.495 e. The first-order valence-electron chi connectivity index (χ1n) is 11.6. The number of nitrogens with zero attached hydrogens (tertiary/aromatic N) is 3. The molecule has 2 heterocycles. The normalized spacial score (nSPS) is 16.9. The summed E-state index contributed by atoms with van der Waals surface area (Å²) >= 11 is 13.2. The zero-order valence-electron chi connectivity index (χ0n) is 20.7. The van der Waals surface area contributed by atoms with E-state index >= 15 is 0 Å². The number of anilines is 1. The zero-order chi connectivity index (χ0) is 26.7. The molecule has 2 unspecified atom stereocenters. The monoisotopic (exact) mass is 543 g/mol. The Balaban J connectivity index is 1.58. The fraction of sp³-hybridized carbons (Fsp3) is 0.308. The molecule has 37 heavy (non-hydrogen) atoms. The van der Waals surface area contributed by atoms with Crippen molar-refractivity contribution in [1.82, 2.24) is 20.2 Å². The van der Waals surface area contributed by atoms with Crippen molar-refractivity contribution in [2.24, 2.45) is 0 Å². The van der Waals surface area contributed by atoms with Gasteiger partial charge in [-0.3, -0.25) is 9.59 Å². The number of hydrogen-bond donors (Lipinski definition) is 2. The van der Waals surface area contributed by atoms with Crippen LogP contribution in [-0.2, 0) is 9.59 Å². The Labute approximate surface area is 224 Å². The van der Waals surface area contributed by atoms with Crippen LogP contribution in [0.5, 0.6) is 11.5 Å². The molecule has 4 rings (SSSR count). The first-order valence-corrected chi connectivity index (χ1v) is 12.3. The van der Waals surface area contributed by atoms with Gasteiger partial charge in [-0.05, 0) is 30.2 Å². The van der Waals surface area contributed by atoms with Gasteiger partial charge in [0.25, 0.3) is 0 Å². The van der Waals surface area contributed by atoms with E-state index in [2.05, 4.69) is 27.2 Å². The molecule has 0 bridgehead atoms. The number of nitrogens with one attached hydrogen (secondary N) is 2. The maximum Gasteiger partial charge on any atom is 0.246 e. The van der Waals surface area contributed by atoms with Crippen LogP contribution in [-0.4, -0.2) is 66.1 Å². The fourth-order valence-corrected chi connectivity index (χ4v) is 5.16. The molecule has 2 atom stereocenters. The van der Waals surface area contributed by atoms with Crippen LogP contribution >= 0.6 is 23.2 Å². The predicted octanol–water partition coefficient (Wildman–Crippen LogP) is 4.32. The van der Waals surface area contributed by atoms with Crippen LogP contribution in [0.2, 0.25) is 10.0 Å². The van der Waals surface area contributed by atoms with E-state index in [0.29, 0.717) is 52.6 Å². The van der Waals surface area contributed by atoms with E-state index in [1.54, 1.807) is 17.2 Å². The fourth-order valence-electron chi connectivity index (χ4n) is 4.44. The zero-order valence-corrected chi connectivity index (χ0v) is 22.2. The molecule has 194 valence electrons. The Morgan fingerprint density at radius 2 is 1.89 bits per heavy atom. The Kier molecular flexibility index (Phi) is 8.04. The topological polar surface area (TPSA) is 106 Å². The summed E-state index contributed by atoms with van der Waals surface area (Å²) in [6.07, 6.45) is 3.63. The van der Waals surface area contributed by atoms with Crippen LogP contribution in [0.25, 0.3) is 22.0 Å². The first-order chi connectivity index (χ1) is 17.7. The lowest BCUT2D eigenvalue weighted by atomic mass is 10.0. The number of halogens is 2. The summed E-state index contributed by atoms with van der Waals surface area (Å²) in [5.74, 6) is 1.01. The summed E-state index contributed by atoms with van der Waals surface area (Å²) in [6, 6.07) is 7.04. The molecule has 1 fully saturated rings. The second-order valence-corrected chi connectivity index (χ2v) is 9.37. The number of carbonyl (C=O) groups is 2. The highest BCUT2D eigenvalue weighted by Crippen LogP contribution is 2.46. The average molecular weight is 544 g/mol. The predicted molar refractivity (Wildman–Crippen MR) is 145 cm³/mol. The van der Waals surface area contributed by atoms with E-state index in [1.807, 2.05) is 18.2 Å². The standard InChI is InChI=1S/C26H27Cl2N5O4/c1-5-22(35)33-13-17(9-18(33)12-29-14(2)34)31-26-30-11-16-8-15(6-7-19(16)32-26)23-24(27)20(36-3)10-21(37-4)25(23)28/h5-8,10-11,17-18H,1,9,12-13H2,2-4H3,(H,29,34)(H,30,31,32). The van der Waals surface area contributed by atoms with Gasteiger partial charge in [-0.15, -0.1) is 0 Å². The summed E-state index contributed by atoms with van der Waals surface area (Å²) in [6.45, 7) is 5.85. The number of fused-ring (bicyclic) bond motifs is 1. The third-order valence-corrected chi connectivity index (χ3v) is 6.98. The van der Waals surface area contributed by atoms with Gasteiger partial charge in [0.15, 0.2) is 0 Å². The molecule has 9 nitrogen and oxygen atoms in total. The lowest BCUT2D eigenvalue weighted by Gasteiger charge is -2.23. The Hall–Kier alpha value is -3.56. The van der Waals surface area contributed by atoms with Gasteiger partial charge >= 0.3 is 0 Å². The van der Waals surface area contributed by atoms with Gasteiger partial charge < -0.3 is 25.0 Å². The molecular weight excluding hydrogens is 517 g/mol. The minimum absolute atomic E-state index is 0.0822. The van der Waals surface area contributed by atoms with Gasteiger partial charge in [0.05, 0.1) is 35.8 Å². The second-order valence-electron chi connectivity index (χ2n) is 8.61. The summed E-state index contributed by atoms with van der Waals surface area (Å²) in [5, 5.41) is 7.64. The van der Waals surface area contributed by atoms with E-state index in [1.165, 1.54) is 27.2 Å². The maximum absolute atomic E-state index is 12.3. The summed E-state index contributed by atoms with van der Waals surface area (Å²) < 4.78 is 10.8. The summed E-state index contributed by atoms with van der Waals surface area (Å²) in [7, 11) is 3.06. The van der Waals surface area contributed by atoms with E-state index in [4.69, 9.17) is 32.7 Å². The molecular formula is C26H27Cl2N5O4. The highest BCUT2D eigenvalue weighted by molar-refractivity contribution is 6.41. The van der Waals surface area contributed by atoms with Gasteiger partial charge in [-0.1, -0.05) is 35.8 Å². The molecule has 3 aromatic rings. The number of rotatable bonds is 8. The molecule has 1 aliphatic heterocycles. The van der Waals surface area contributed by atoms with Gasteiger partial charge in [-0.25, -0.2) is 9.97 Å². The lowest BCUT2D eigenvalue weighted by Crippen LogP contribution is -2.42. The van der Waals surface area contributed by atoms with E-state index in [-0.39, 0.29) is 23.9 Å². The van der Waals surface area contributed by atoms with E-state index in [9.17, 15) is 9.59 Å². The van der Waals surface area contributed by atoms with Gasteiger partial charge in [0.1, 0.15) is 11.5 Å². The maximum atomic E-state index is 12.3. The van der Waals surface area contributed by atoms with Crippen LogP contribution in [0.4, 0.5) is 5.95 Å². The Morgan fingerprint density at radius 1 is 1.19 bits per heavy atom. The first kappa shape index (κ1) is 26.5. The van der Waals surface area contributed by atoms with Crippen molar-refractivity contribution in [2.75, 3.05) is 32.6 Å². The number of benzene rings is 2. The Morgan fingerprint density at radius 3 is 2.51 bits per heavy atom. The summed E-state index contributed by atoms with van der Waals surface area (Å²) in [4.78, 5) is 34.5. The number of ether oxygens (including phenoxy) is 2. The van der Waals surface area contributed by atoms with Crippen LogP contribution in [0.1, 0.15) is 13.3 Å². The average Bonchev–Trinajstić information content (AvgIpc) is 3.29. The summed E-state index contributed by atoms with van der Waals surface area (Å²) in [5.41, 5.74) is 2.07. The molecule has 1 aliphatic rings. The van der Waals surface area contributed by atoms with Crippen molar-refractivity contribution in [3.63, 3.8) is 0 Å². The molecule has 11 heteroatoms. The smallest absolute Gasteiger partial charge is 0.246 e. The molecule has 2 amide bonds. The van der Waals surface area contributed by atoms with E-state index in [0.717, 1.165) is 16.5 Å². The SMILES string of the molecule is C=CC(=O)N1CC(Nc2ncc3cc(-c4c(Cl)c(OC)cc(OC)c4Cl)ccc3n2)CC1CNC(C)=O. The van der Waals surface area contributed by atoms with Gasteiger partial charge in [0.2, 0.25) is 17.8 Å². The molecule has 0 saturated carbocycles. The molecule has 0 aliphatic carbocycles. The van der Waals surface area contributed by atoms with E-state index < -0.39 is 0 Å². The number of carbonyl (C=O) groups excluding carboxylic acids is 2. The number of hydrogen-bond acceptors (Lipinski definition) is 7. The van der Waals surface area contributed by atoms with Crippen molar-refractivity contribution in [2.45, 2.75) is 25.4 Å². The number of likely N-dealkylation sites (tertiary alicyclic amines) is 1. The van der Waals surface area contributed by atoms with Crippen molar-refractivity contribution < 1.29 is 19.1 Å². The van der Waals surface area contributed by atoms with Gasteiger partial charge in [-0.2, -0.15) is 0 Å². The van der Waals surface area contributed by atoms with Crippen molar-refractivity contribution >= 4 is 51.9 Å². The van der Waals surface area contributed by atoms with Crippen LogP contribution in [0, 0.1) is 0 Å². The number of aromatic nitrogens is 2. The highest BCUT2D eigenvalue weighted by atomic mass is 35.5. The molecule has 0 spiro atoms. The third kappa shape index (κ3) is 5.57. The van der Waals surface area contributed by atoms with Crippen molar-refractivity contribution in [3.05, 3.63) is 53.2 Å². The van der Waals surface area contributed by atoms with Crippen LogP contribution < -0.4 is 20.1 Å². The Bertz CT molecular complexity index is 1340. The van der Waals surface area contributed by atoms with Crippen LogP contribution in [0.3, 0.4) is 0 Å². The highest BCUT2D eigenvalue weighted by Gasteiger charge is 2.34. The van der Waals surface area contributed by atoms with Crippen molar-refractivity contribution in [1.29, 1.82) is 0 Å². The number of methoxy groups -OCH3 is 2. The number of amides is 2. The molecule has 2 N–H and O–H groups in total. The van der Waals surface area contributed by atoms with Crippen molar-refractivity contribution in [3.8, 4) is 22.6 Å². The quantitative estimate of drug-likeness (QED) is 0.407. The molecule has 1 saturated heterocycles. The minimum atomic E-state index is -0.182.